The Bertz CT molecular complexity index is 1320. The number of allylic oxidation sites excluding steroid dienone is 4. The van der Waals surface area contributed by atoms with Gasteiger partial charge in [0.05, 0.1) is 25.0 Å². The Morgan fingerprint density at radius 2 is 2.05 bits per heavy atom. The van der Waals surface area contributed by atoms with Crippen LogP contribution in [0.3, 0.4) is 0 Å². The van der Waals surface area contributed by atoms with Crippen LogP contribution in [0.2, 0.25) is 0 Å². The van der Waals surface area contributed by atoms with Gasteiger partial charge < -0.3 is 29.8 Å². The van der Waals surface area contributed by atoms with Gasteiger partial charge in [0.25, 0.3) is 0 Å². The van der Waals surface area contributed by atoms with Crippen molar-refractivity contribution in [2.45, 2.75) is 81.9 Å². The maximum absolute atomic E-state index is 17.2. The summed E-state index contributed by atoms with van der Waals surface area (Å²) in [5, 5.41) is 11.5. The van der Waals surface area contributed by atoms with Crippen molar-refractivity contribution in [1.29, 1.82) is 0 Å². The number of carbonyl (C=O) groups excluding carboxylic acids is 2. The molecule has 1 aromatic rings. The van der Waals surface area contributed by atoms with Gasteiger partial charge in [-0.25, -0.2) is 8.78 Å². The van der Waals surface area contributed by atoms with Gasteiger partial charge in [-0.1, -0.05) is 26.3 Å². The molecule has 8 nitrogen and oxygen atoms in total. The van der Waals surface area contributed by atoms with Gasteiger partial charge in [-0.3, -0.25) is 9.59 Å². The number of halogens is 2. The third-order valence-corrected chi connectivity index (χ3v) is 10.3. The first-order valence-electron chi connectivity index (χ1n) is 14.4. The van der Waals surface area contributed by atoms with Gasteiger partial charge in [-0.05, 0) is 61.5 Å². The highest BCUT2D eigenvalue weighted by Crippen LogP contribution is 2.70. The van der Waals surface area contributed by atoms with Crippen LogP contribution in [-0.2, 0) is 19.1 Å². The molecule has 0 radical (unpaired) electrons. The zero-order valence-corrected chi connectivity index (χ0v) is 23.5. The van der Waals surface area contributed by atoms with Gasteiger partial charge in [0.15, 0.2) is 17.7 Å². The molecule has 10 heteroatoms. The molecule has 222 valence electrons. The molecule has 5 aliphatic rings. The number of hydrogen-bond donors (Lipinski definition) is 2. The van der Waals surface area contributed by atoms with Crippen LogP contribution in [0.5, 0.6) is 11.5 Å². The minimum absolute atomic E-state index is 0.0747. The lowest BCUT2D eigenvalue weighted by Crippen LogP contribution is -2.68. The van der Waals surface area contributed by atoms with Crippen LogP contribution in [0.25, 0.3) is 0 Å². The smallest absolute Gasteiger partial charge is 0.205 e. The van der Waals surface area contributed by atoms with Crippen molar-refractivity contribution < 1.29 is 42.4 Å². The number of rotatable bonds is 7. The molecule has 2 unspecified atom stereocenters. The number of hydrogen-bond acceptors (Lipinski definition) is 8. The molecule has 0 bridgehead atoms. The molecule has 0 aromatic heterocycles. The van der Waals surface area contributed by atoms with Crippen LogP contribution in [0.1, 0.15) is 46.0 Å². The number of ketones is 2. The molecule has 3 N–H and O–H groups in total. The number of ether oxygens (including phenoxy) is 4. The summed E-state index contributed by atoms with van der Waals surface area (Å²) >= 11 is 0. The summed E-state index contributed by atoms with van der Waals surface area (Å²) in [4.78, 5) is 26.2. The van der Waals surface area contributed by atoms with Gasteiger partial charge in [0.2, 0.25) is 5.78 Å². The molecule has 10 atom stereocenters. The predicted molar refractivity (Wildman–Crippen MR) is 145 cm³/mol. The van der Waals surface area contributed by atoms with Crippen molar-refractivity contribution in [2.24, 2.45) is 23.2 Å². The van der Waals surface area contributed by atoms with Crippen molar-refractivity contribution in [2.75, 3.05) is 19.5 Å². The van der Waals surface area contributed by atoms with Gasteiger partial charge in [0.1, 0.15) is 29.9 Å². The minimum atomic E-state index is -2.20. The zero-order chi connectivity index (χ0) is 29.3. The number of aliphatic hydroxyl groups is 1. The highest BCUT2D eigenvalue weighted by Gasteiger charge is 2.78. The second-order valence-electron chi connectivity index (χ2n) is 12.3. The van der Waals surface area contributed by atoms with E-state index in [0.717, 1.165) is 12.5 Å². The third kappa shape index (κ3) is 3.93. The Kier molecular flexibility index (Phi) is 6.82. The van der Waals surface area contributed by atoms with E-state index in [1.165, 1.54) is 19.3 Å². The van der Waals surface area contributed by atoms with Crippen molar-refractivity contribution in [3.05, 3.63) is 42.0 Å². The number of fused-ring (bicyclic) bond motifs is 7. The third-order valence-electron chi connectivity index (χ3n) is 10.3. The number of aliphatic hydroxyl groups excluding tert-OH is 1. The average molecular weight is 574 g/mol. The molecular weight excluding hydrogens is 536 g/mol. The number of alkyl halides is 2. The fourth-order valence-electron chi connectivity index (χ4n) is 8.50. The number of Topliss-reactive ketones (excluding diaryl/α,β-unsaturated/α-hetero) is 1. The van der Waals surface area contributed by atoms with Gasteiger partial charge >= 0.3 is 0 Å². The molecule has 1 saturated heterocycles. The summed E-state index contributed by atoms with van der Waals surface area (Å²) in [6.45, 7) is 3.46. The van der Waals surface area contributed by atoms with Crippen LogP contribution < -0.4 is 15.2 Å². The molecule has 1 heterocycles. The Morgan fingerprint density at radius 1 is 1.27 bits per heavy atom. The van der Waals surface area contributed by atoms with Crippen LogP contribution in [0, 0.1) is 23.2 Å². The van der Waals surface area contributed by atoms with Gasteiger partial charge in [0, 0.05) is 23.3 Å². The van der Waals surface area contributed by atoms with Crippen LogP contribution >= 0.6 is 0 Å². The van der Waals surface area contributed by atoms with E-state index in [-0.39, 0.29) is 37.2 Å². The maximum Gasteiger partial charge on any atom is 0.205 e. The normalized spacial score (nSPS) is 42.5. The molecule has 1 aromatic carbocycles. The zero-order valence-electron chi connectivity index (χ0n) is 23.5. The second-order valence-corrected chi connectivity index (χ2v) is 12.3. The summed E-state index contributed by atoms with van der Waals surface area (Å²) in [6, 6.07) is 4.83. The van der Waals surface area contributed by atoms with E-state index in [2.05, 4.69) is 0 Å². The highest BCUT2D eigenvalue weighted by molar-refractivity contribution is 6.01. The molecule has 6 rings (SSSR count). The maximum atomic E-state index is 17.2. The standard InChI is InChI=1S/C31H37F2NO7/c1-4-5-28-40-27-13-20-21-12-22(32)18-10-16(35)6-8-19(18)30(21,33)25(36)14-29(20,2)31(27,41-28)26(37)15-39-17-7-9-23(34)24(11-17)38-3/h6-11,19-22,25,27-28,36H,4-5,12-15,34H2,1-3H3/t19?,20-,21-,22-,25-,27+,28?,29-,30-,31+/m0/s1. The number of methoxy groups -OCH3 is 1. The van der Waals surface area contributed by atoms with Gasteiger partial charge in [-0.2, -0.15) is 0 Å². The molecule has 41 heavy (non-hydrogen) atoms. The van der Waals surface area contributed by atoms with E-state index in [1.54, 1.807) is 18.2 Å². The molecule has 3 saturated carbocycles. The van der Waals surface area contributed by atoms with E-state index in [4.69, 9.17) is 24.7 Å². The SMILES string of the molecule is CCCC1O[C@@H]2C[C@H]3[C@@H]4C[C@H](F)C5=CC(=O)C=CC5[C@@]4(F)[C@@H](O)C[C@]3(C)[C@]2(C(=O)COc2ccc(N)c(OC)c2)O1. The molecular formula is C31H37F2NO7. The van der Waals surface area contributed by atoms with Crippen molar-refractivity contribution in [3.8, 4) is 11.5 Å². The lowest BCUT2D eigenvalue weighted by atomic mass is 9.48. The summed E-state index contributed by atoms with van der Waals surface area (Å²) in [6.07, 6.45) is 0.685. The molecule has 0 spiro atoms. The van der Waals surface area contributed by atoms with Crippen LogP contribution in [0.15, 0.2) is 42.0 Å². The van der Waals surface area contributed by atoms with E-state index in [1.807, 2.05) is 13.8 Å². The summed E-state index contributed by atoms with van der Waals surface area (Å²) < 4.78 is 56.7. The van der Waals surface area contributed by atoms with E-state index in [9.17, 15) is 14.7 Å². The first-order chi connectivity index (χ1) is 19.5. The number of benzene rings is 1. The summed E-state index contributed by atoms with van der Waals surface area (Å²) in [5.74, 6) is -2.48. The largest absolute Gasteiger partial charge is 0.494 e. The summed E-state index contributed by atoms with van der Waals surface area (Å²) in [7, 11) is 1.48. The van der Waals surface area contributed by atoms with Crippen LogP contribution in [0.4, 0.5) is 14.5 Å². The Balaban J connectivity index is 1.35. The minimum Gasteiger partial charge on any atom is -0.494 e. The number of carbonyl (C=O) groups is 2. The Morgan fingerprint density at radius 3 is 2.78 bits per heavy atom. The fourth-order valence-corrected chi connectivity index (χ4v) is 8.50. The molecule has 1 aliphatic heterocycles. The molecule has 4 fully saturated rings. The lowest BCUT2D eigenvalue weighted by molar-refractivity contribution is -0.222. The fraction of sp³-hybridized carbons (Fsp3) is 0.613. The first-order valence-corrected chi connectivity index (χ1v) is 14.4. The predicted octanol–water partition coefficient (Wildman–Crippen LogP) is 4.04. The van der Waals surface area contributed by atoms with E-state index in [0.29, 0.717) is 23.6 Å². The quantitative estimate of drug-likeness (QED) is 0.470. The van der Waals surface area contributed by atoms with Crippen molar-refractivity contribution in [3.63, 3.8) is 0 Å². The average Bonchev–Trinajstić information content (AvgIpc) is 3.42. The van der Waals surface area contributed by atoms with Crippen LogP contribution in [-0.4, -0.2) is 66.3 Å². The molecule has 0 amide bonds. The van der Waals surface area contributed by atoms with Crippen molar-refractivity contribution in [1.82, 2.24) is 0 Å². The topological polar surface area (TPSA) is 117 Å². The Labute approximate surface area is 237 Å². The molecule has 4 aliphatic carbocycles. The van der Waals surface area contributed by atoms with Crippen molar-refractivity contribution >= 4 is 17.3 Å². The number of nitrogen functional groups attached to an aromatic ring is 1. The van der Waals surface area contributed by atoms with Gasteiger partial charge in [-0.15, -0.1) is 0 Å². The lowest BCUT2D eigenvalue weighted by Gasteiger charge is -2.59. The number of nitrogens with two attached hydrogens (primary N) is 1. The second kappa shape index (κ2) is 9.88. The van der Waals surface area contributed by atoms with E-state index < -0.39 is 64.9 Å². The van der Waals surface area contributed by atoms with E-state index >= 15 is 8.78 Å². The first kappa shape index (κ1) is 28.3. The Hall–Kier alpha value is -2.82. The summed E-state index contributed by atoms with van der Waals surface area (Å²) in [5.41, 5.74) is 1.63. The highest BCUT2D eigenvalue weighted by atomic mass is 19.1. The monoisotopic (exact) mass is 573 g/mol. The number of anilines is 1.